The van der Waals surface area contributed by atoms with Gasteiger partial charge < -0.3 is 37.4 Å². The third kappa shape index (κ3) is 30.3. The normalized spacial score (nSPS) is 14.5. The first-order valence-electron chi connectivity index (χ1n) is 22.8. The molecular formula is C48H82NO10P. The van der Waals surface area contributed by atoms with E-state index in [2.05, 4.69) is 58.1 Å². The summed E-state index contributed by atoms with van der Waals surface area (Å²) in [5, 5.41) is 9.83. The summed E-state index contributed by atoms with van der Waals surface area (Å²) in [6, 6.07) is 0. The summed E-state index contributed by atoms with van der Waals surface area (Å²) >= 11 is 0. The lowest BCUT2D eigenvalue weighted by Crippen LogP contribution is -2.37. The molecule has 1 rings (SSSR count). The minimum atomic E-state index is -4.66. The predicted octanol–water partition coefficient (Wildman–Crippen LogP) is 10.7. The van der Waals surface area contributed by atoms with Gasteiger partial charge in [-0.3, -0.25) is 14.2 Å². The molecule has 1 heterocycles. The number of furan rings is 1. The number of ether oxygens (including phenoxy) is 2. The molecule has 0 saturated carbocycles. The van der Waals surface area contributed by atoms with E-state index in [1.165, 1.54) is 24.0 Å². The summed E-state index contributed by atoms with van der Waals surface area (Å²) in [5.74, 6) is 1.33. The first-order valence-corrected chi connectivity index (χ1v) is 24.3. The lowest BCUT2D eigenvalue weighted by molar-refractivity contribution is -0.870. The molecule has 0 aliphatic heterocycles. The third-order valence-corrected chi connectivity index (χ3v) is 11.1. The Hall–Kier alpha value is -2.79. The number of hydrogen-bond acceptors (Lipinski definition) is 10. The van der Waals surface area contributed by atoms with Gasteiger partial charge in [0.05, 0.1) is 33.9 Å². The fourth-order valence-electron chi connectivity index (χ4n) is 6.24. The number of unbranched alkanes of at least 4 members (excludes halogenated alkanes) is 9. The predicted molar refractivity (Wildman–Crippen MR) is 240 cm³/mol. The fourth-order valence-corrected chi connectivity index (χ4v) is 6.97. The molecule has 0 amide bonds. The van der Waals surface area contributed by atoms with Gasteiger partial charge in [0.15, 0.2) is 6.10 Å². The van der Waals surface area contributed by atoms with Crippen LogP contribution in [0, 0.1) is 13.8 Å². The van der Waals surface area contributed by atoms with Crippen LogP contribution in [0.1, 0.15) is 158 Å². The molecule has 1 aromatic heterocycles. The number of rotatable bonds is 37. The molecule has 0 saturated heterocycles. The average Bonchev–Trinajstić information content (AvgIpc) is 3.45. The number of nitrogens with zero attached hydrogens (tertiary/aromatic N) is 1. The molecule has 0 bridgehead atoms. The molecule has 1 N–H and O–H groups in total. The smallest absolute Gasteiger partial charge is 0.306 e. The zero-order valence-electron chi connectivity index (χ0n) is 38.5. The molecule has 344 valence electrons. The number of aryl methyl sites for hydroxylation is 2. The number of phosphoric acid groups is 1. The molecule has 12 heteroatoms. The van der Waals surface area contributed by atoms with Gasteiger partial charge in [-0.1, -0.05) is 114 Å². The van der Waals surface area contributed by atoms with E-state index in [0.717, 1.165) is 101 Å². The molecule has 0 fully saturated rings. The Morgan fingerprint density at radius 3 is 1.90 bits per heavy atom. The summed E-state index contributed by atoms with van der Waals surface area (Å²) in [6.07, 6.45) is 33.3. The Balaban J connectivity index is 2.38. The summed E-state index contributed by atoms with van der Waals surface area (Å²) in [5.41, 5.74) is 2.61. The topological polar surface area (TPSA) is 145 Å². The van der Waals surface area contributed by atoms with Gasteiger partial charge in [0.25, 0.3) is 7.82 Å². The molecule has 0 spiro atoms. The van der Waals surface area contributed by atoms with Crippen molar-refractivity contribution in [2.24, 2.45) is 0 Å². The molecule has 1 aromatic rings. The van der Waals surface area contributed by atoms with Crippen LogP contribution in [0.15, 0.2) is 53.0 Å². The van der Waals surface area contributed by atoms with Crippen molar-refractivity contribution in [1.82, 2.24) is 0 Å². The van der Waals surface area contributed by atoms with E-state index in [1.54, 1.807) is 0 Å². The van der Waals surface area contributed by atoms with Crippen molar-refractivity contribution >= 4 is 19.8 Å². The van der Waals surface area contributed by atoms with E-state index in [1.807, 2.05) is 39.4 Å². The molecule has 60 heavy (non-hydrogen) atoms. The van der Waals surface area contributed by atoms with Gasteiger partial charge in [0, 0.05) is 25.7 Å². The van der Waals surface area contributed by atoms with E-state index in [-0.39, 0.29) is 32.2 Å². The van der Waals surface area contributed by atoms with Crippen molar-refractivity contribution in [1.29, 1.82) is 0 Å². The Morgan fingerprint density at radius 2 is 1.28 bits per heavy atom. The molecule has 1 unspecified atom stereocenters. The monoisotopic (exact) mass is 864 g/mol. The second kappa shape index (κ2) is 33.8. The van der Waals surface area contributed by atoms with Crippen molar-refractivity contribution in [2.75, 3.05) is 47.5 Å². The van der Waals surface area contributed by atoms with Crippen LogP contribution in [-0.2, 0) is 45.5 Å². The SMILES string of the molecule is CCCC[C@H](O)/C=C\C/C=C\C/C=C\C/C=C\CCCC(=O)OC[C@H](COP(=O)([O-])OCC[N+](C)(C)C)OC(=O)CCCCCCCCCCc1oc(CCC)c(C)c1C. The number of esters is 2. The molecule has 0 aliphatic rings. The van der Waals surface area contributed by atoms with Crippen molar-refractivity contribution in [3.63, 3.8) is 0 Å². The largest absolute Gasteiger partial charge is 0.756 e. The maximum Gasteiger partial charge on any atom is 0.306 e. The Labute approximate surface area is 363 Å². The van der Waals surface area contributed by atoms with Crippen molar-refractivity contribution in [3.8, 4) is 0 Å². The maximum atomic E-state index is 12.7. The average molecular weight is 864 g/mol. The molecule has 0 aromatic carbocycles. The van der Waals surface area contributed by atoms with Crippen molar-refractivity contribution < 1.29 is 51.6 Å². The van der Waals surface area contributed by atoms with Crippen LogP contribution in [-0.4, -0.2) is 81.2 Å². The maximum absolute atomic E-state index is 12.7. The highest BCUT2D eigenvalue weighted by Gasteiger charge is 2.22. The number of likely N-dealkylation sites (N-methyl/N-ethyl adjacent to an activating group) is 1. The summed E-state index contributed by atoms with van der Waals surface area (Å²) in [7, 11) is 1.08. The van der Waals surface area contributed by atoms with Gasteiger partial charge in [0.1, 0.15) is 31.3 Å². The number of aliphatic hydroxyl groups excluding tert-OH is 1. The minimum absolute atomic E-state index is 0.0551. The van der Waals surface area contributed by atoms with Crippen LogP contribution >= 0.6 is 7.82 Å². The highest BCUT2D eigenvalue weighted by Crippen LogP contribution is 2.38. The minimum Gasteiger partial charge on any atom is -0.756 e. The zero-order chi connectivity index (χ0) is 44.5. The highest BCUT2D eigenvalue weighted by atomic mass is 31.2. The summed E-state index contributed by atoms with van der Waals surface area (Å²) in [4.78, 5) is 37.6. The Kier molecular flexibility index (Phi) is 31.1. The highest BCUT2D eigenvalue weighted by molar-refractivity contribution is 7.45. The number of aliphatic hydroxyl groups is 1. The fraction of sp³-hybridized carbons (Fsp3) is 0.708. The van der Waals surface area contributed by atoms with Crippen LogP contribution in [0.5, 0.6) is 0 Å². The second-order valence-electron chi connectivity index (χ2n) is 16.8. The van der Waals surface area contributed by atoms with Crippen LogP contribution in [0.4, 0.5) is 0 Å². The van der Waals surface area contributed by atoms with E-state index in [0.29, 0.717) is 30.3 Å². The van der Waals surface area contributed by atoms with Crippen molar-refractivity contribution in [3.05, 3.63) is 71.3 Å². The summed E-state index contributed by atoms with van der Waals surface area (Å²) < 4.78 is 40.0. The number of phosphoric ester groups is 1. The van der Waals surface area contributed by atoms with Crippen molar-refractivity contribution in [2.45, 2.75) is 175 Å². The van der Waals surface area contributed by atoms with E-state index in [4.69, 9.17) is 22.9 Å². The zero-order valence-corrected chi connectivity index (χ0v) is 39.4. The van der Waals surface area contributed by atoms with Crippen LogP contribution in [0.25, 0.3) is 0 Å². The lowest BCUT2D eigenvalue weighted by atomic mass is 10.0. The quantitative estimate of drug-likeness (QED) is 0.0226. The van der Waals surface area contributed by atoms with Gasteiger partial charge in [0.2, 0.25) is 0 Å². The lowest BCUT2D eigenvalue weighted by Gasteiger charge is -2.28. The first-order chi connectivity index (χ1) is 28.7. The molecule has 0 aliphatic carbocycles. The standard InChI is InChI=1S/C48H82NO10P/c1-8-10-32-43(50)33-27-23-19-15-13-11-12-14-16-21-25-29-35-47(51)55-39-44(40-57-60(53,54)56-38-37-49(5,6)7)58-48(52)36-30-26-22-18-17-20-24-28-34-46-42(4)41(3)45(59-46)31-9-2/h11-12,15-16,19,21,27,33,43-44,50H,8-10,13-14,17-18,20,22-26,28-32,34-40H2,1-7H3/b12-11-,19-15-,21-16-,33-27-/t43-,44+/m0/s1. The van der Waals surface area contributed by atoms with Crippen LogP contribution in [0.3, 0.4) is 0 Å². The van der Waals surface area contributed by atoms with Gasteiger partial charge in [-0.05, 0) is 82.8 Å². The number of hydrogen-bond donors (Lipinski definition) is 1. The van der Waals surface area contributed by atoms with E-state index in [9.17, 15) is 24.2 Å². The van der Waals surface area contributed by atoms with Gasteiger partial charge >= 0.3 is 11.9 Å². The van der Waals surface area contributed by atoms with Crippen LogP contribution in [0.2, 0.25) is 0 Å². The van der Waals surface area contributed by atoms with Gasteiger partial charge in [-0.15, -0.1) is 0 Å². The third-order valence-electron chi connectivity index (χ3n) is 10.1. The molecule has 0 radical (unpaired) electrons. The summed E-state index contributed by atoms with van der Waals surface area (Å²) in [6.45, 7) is 8.19. The molecule has 11 nitrogen and oxygen atoms in total. The molecular weight excluding hydrogens is 781 g/mol. The second-order valence-corrected chi connectivity index (χ2v) is 18.2. The Morgan fingerprint density at radius 1 is 0.717 bits per heavy atom. The Bertz CT molecular complexity index is 1460. The first kappa shape index (κ1) is 55.2. The van der Waals surface area contributed by atoms with E-state index >= 15 is 0 Å². The number of carbonyl (C=O) groups is 2. The molecule has 3 atom stereocenters. The number of carbonyl (C=O) groups excluding carboxylic acids is 2. The van der Waals surface area contributed by atoms with Gasteiger partial charge in [-0.25, -0.2) is 0 Å². The van der Waals surface area contributed by atoms with Gasteiger partial charge in [-0.2, -0.15) is 0 Å². The number of allylic oxidation sites excluding steroid dienone is 7. The van der Waals surface area contributed by atoms with Crippen LogP contribution < -0.4 is 4.89 Å². The number of quaternary nitrogens is 1. The van der Waals surface area contributed by atoms with E-state index < -0.39 is 32.5 Å².